The van der Waals surface area contributed by atoms with Gasteiger partial charge in [-0.2, -0.15) is 0 Å². The molecular weight excluding hydrogens is 435 g/mol. The van der Waals surface area contributed by atoms with Gasteiger partial charge in [0.05, 0.1) is 17.1 Å². The highest BCUT2D eigenvalue weighted by molar-refractivity contribution is 7.99. The van der Waals surface area contributed by atoms with Crippen LogP contribution in [-0.4, -0.2) is 33.8 Å². The summed E-state index contributed by atoms with van der Waals surface area (Å²) in [5, 5.41) is 10.9. The maximum atomic E-state index is 13.8. The Labute approximate surface area is 188 Å². The van der Waals surface area contributed by atoms with Gasteiger partial charge >= 0.3 is 0 Å². The summed E-state index contributed by atoms with van der Waals surface area (Å²) >= 11 is 1.09. The Balaban J connectivity index is 1.42. The number of aromatic nitrogens is 2. The van der Waals surface area contributed by atoms with Crippen LogP contribution in [0.2, 0.25) is 0 Å². The normalized spacial score (nSPS) is 16.7. The van der Waals surface area contributed by atoms with E-state index in [4.69, 9.17) is 9.15 Å². The Morgan fingerprint density at radius 2 is 2.03 bits per heavy atom. The summed E-state index contributed by atoms with van der Waals surface area (Å²) < 4.78 is 24.9. The highest BCUT2D eigenvalue weighted by atomic mass is 32.2. The number of hydrogen-bond acceptors (Lipinski definition) is 7. The average molecular weight is 456 g/mol. The highest BCUT2D eigenvalue weighted by Crippen LogP contribution is 2.32. The fourth-order valence-electron chi connectivity index (χ4n) is 3.39. The number of benzene rings is 2. The van der Waals surface area contributed by atoms with Gasteiger partial charge in [-0.1, -0.05) is 36.0 Å². The van der Waals surface area contributed by atoms with Crippen molar-refractivity contribution in [2.75, 3.05) is 16.0 Å². The minimum Gasteiger partial charge on any atom is -0.478 e. The van der Waals surface area contributed by atoms with Gasteiger partial charge < -0.3 is 19.4 Å². The number of carbonyl (C=O) groups is 2. The first-order valence-corrected chi connectivity index (χ1v) is 11.0. The smallest absolute Gasteiger partial charge is 0.277 e. The van der Waals surface area contributed by atoms with Crippen LogP contribution in [0.5, 0.6) is 5.75 Å². The number of anilines is 2. The van der Waals surface area contributed by atoms with Crippen LogP contribution in [0.25, 0.3) is 0 Å². The fourth-order valence-corrected chi connectivity index (χ4v) is 4.01. The molecule has 0 radical (unpaired) electrons. The van der Waals surface area contributed by atoms with Crippen molar-refractivity contribution in [3.63, 3.8) is 0 Å². The third-order valence-corrected chi connectivity index (χ3v) is 5.66. The summed E-state index contributed by atoms with van der Waals surface area (Å²) in [6, 6.07) is 12.9. The average Bonchev–Trinajstić information content (AvgIpc) is 3.19. The molecule has 2 amide bonds. The number of fused-ring (bicyclic) bond motifs is 1. The fraction of sp³-hybridized carbons (Fsp3) is 0.273. The Bertz CT molecular complexity index is 1140. The first-order chi connectivity index (χ1) is 15.4. The number of halogens is 1. The molecule has 1 aliphatic rings. The second kappa shape index (κ2) is 9.39. The summed E-state index contributed by atoms with van der Waals surface area (Å²) in [4.78, 5) is 26.7. The summed E-state index contributed by atoms with van der Waals surface area (Å²) in [6.07, 6.45) is -0.472. The molecule has 166 valence electrons. The zero-order valence-corrected chi connectivity index (χ0v) is 18.3. The summed E-state index contributed by atoms with van der Waals surface area (Å²) in [5.74, 6) is -0.526. The topological polar surface area (TPSA) is 97.6 Å². The van der Waals surface area contributed by atoms with E-state index in [1.165, 1.54) is 12.1 Å². The van der Waals surface area contributed by atoms with Crippen molar-refractivity contribution in [2.24, 2.45) is 0 Å². The third-order valence-electron chi connectivity index (χ3n) is 4.86. The van der Waals surface area contributed by atoms with Crippen LogP contribution in [0.1, 0.15) is 32.3 Å². The molecule has 1 aromatic heterocycles. The maximum Gasteiger partial charge on any atom is 0.277 e. The van der Waals surface area contributed by atoms with E-state index in [2.05, 4.69) is 15.5 Å². The van der Waals surface area contributed by atoms with Gasteiger partial charge in [0.1, 0.15) is 0 Å². The predicted octanol–water partition coefficient (Wildman–Crippen LogP) is 4.20. The second-order valence-electron chi connectivity index (χ2n) is 7.27. The quantitative estimate of drug-likeness (QED) is 0.555. The van der Waals surface area contributed by atoms with E-state index in [1.807, 2.05) is 13.0 Å². The van der Waals surface area contributed by atoms with E-state index < -0.39 is 11.9 Å². The number of para-hydroxylation sites is 3. The van der Waals surface area contributed by atoms with E-state index in [1.54, 1.807) is 42.2 Å². The third kappa shape index (κ3) is 4.75. The first-order valence-electron chi connectivity index (χ1n) is 10.0. The highest BCUT2D eigenvalue weighted by Gasteiger charge is 2.30. The number of ether oxygens (including phenoxy) is 1. The number of hydrogen-bond donors (Lipinski definition) is 1. The van der Waals surface area contributed by atoms with Crippen LogP contribution >= 0.6 is 11.8 Å². The number of nitrogens with one attached hydrogen (secondary N) is 1. The van der Waals surface area contributed by atoms with E-state index in [0.29, 0.717) is 11.4 Å². The molecule has 0 bridgehead atoms. The molecule has 8 nitrogen and oxygen atoms in total. The van der Waals surface area contributed by atoms with Crippen LogP contribution < -0.4 is 15.0 Å². The van der Waals surface area contributed by atoms with Gasteiger partial charge in [-0.3, -0.25) is 9.59 Å². The Kier molecular flexibility index (Phi) is 6.40. The van der Waals surface area contributed by atoms with Crippen molar-refractivity contribution in [3.05, 3.63) is 60.2 Å². The van der Waals surface area contributed by atoms with E-state index in [0.717, 1.165) is 11.8 Å². The molecule has 4 rings (SSSR count). The molecular formula is C22H21FN4O4S. The SMILES string of the molecule is C[C@@H](Oc1ccccc1F)c1nnc(SCC(=O)N2c3ccccc3NC(=O)C[C@@H]2C)o1. The molecule has 1 aliphatic heterocycles. The molecule has 32 heavy (non-hydrogen) atoms. The van der Waals surface area contributed by atoms with Crippen LogP contribution in [0.3, 0.4) is 0 Å². The van der Waals surface area contributed by atoms with Crippen LogP contribution in [0.4, 0.5) is 15.8 Å². The molecule has 1 N–H and O–H groups in total. The Morgan fingerprint density at radius 1 is 1.28 bits per heavy atom. The lowest BCUT2D eigenvalue weighted by atomic mass is 10.2. The van der Waals surface area contributed by atoms with Crippen molar-refractivity contribution < 1.29 is 23.1 Å². The minimum absolute atomic E-state index is 0.0387. The van der Waals surface area contributed by atoms with Crippen molar-refractivity contribution in [3.8, 4) is 5.75 Å². The lowest BCUT2D eigenvalue weighted by molar-refractivity contribution is -0.117. The first kappa shape index (κ1) is 21.8. The maximum absolute atomic E-state index is 13.8. The van der Waals surface area contributed by atoms with Crippen LogP contribution in [0, 0.1) is 5.82 Å². The molecule has 0 unspecified atom stereocenters. The number of nitrogens with zero attached hydrogens (tertiary/aromatic N) is 3. The summed E-state index contributed by atoms with van der Waals surface area (Å²) in [5.41, 5.74) is 1.24. The van der Waals surface area contributed by atoms with Crippen molar-refractivity contribution in [2.45, 2.75) is 37.6 Å². The number of amides is 2. The Hall–Kier alpha value is -3.40. The van der Waals surface area contributed by atoms with E-state index in [-0.39, 0.29) is 46.9 Å². The second-order valence-corrected chi connectivity index (χ2v) is 8.19. The molecule has 2 aromatic carbocycles. The molecule has 0 spiro atoms. The van der Waals surface area contributed by atoms with Gasteiger partial charge in [0.15, 0.2) is 17.7 Å². The standard InChI is InChI=1S/C22H21FN4O4S/c1-13-11-19(28)24-16-8-4-5-9-17(16)27(13)20(29)12-32-22-26-25-21(31-22)14(2)30-18-10-6-3-7-15(18)23/h3-10,13-14H,11-12H2,1-2H3,(H,24,28)/t13-,14+/m0/s1. The van der Waals surface area contributed by atoms with Crippen molar-refractivity contribution >= 4 is 35.0 Å². The number of carbonyl (C=O) groups excluding carboxylic acids is 2. The zero-order valence-electron chi connectivity index (χ0n) is 17.4. The van der Waals surface area contributed by atoms with Crippen LogP contribution in [-0.2, 0) is 9.59 Å². The van der Waals surface area contributed by atoms with E-state index >= 15 is 0 Å². The number of rotatable bonds is 6. The molecule has 0 saturated heterocycles. The van der Waals surface area contributed by atoms with Gasteiger partial charge in [0.25, 0.3) is 11.1 Å². The molecule has 3 aromatic rings. The number of thioether (sulfide) groups is 1. The predicted molar refractivity (Wildman–Crippen MR) is 117 cm³/mol. The largest absolute Gasteiger partial charge is 0.478 e. The molecule has 0 fully saturated rings. The molecule has 2 atom stereocenters. The Morgan fingerprint density at radius 3 is 2.84 bits per heavy atom. The van der Waals surface area contributed by atoms with Crippen LogP contribution in [0.15, 0.2) is 58.2 Å². The lowest BCUT2D eigenvalue weighted by Gasteiger charge is -2.27. The zero-order chi connectivity index (χ0) is 22.7. The summed E-state index contributed by atoms with van der Waals surface area (Å²) in [6.45, 7) is 3.50. The van der Waals surface area contributed by atoms with Gasteiger partial charge in [0.2, 0.25) is 11.8 Å². The molecule has 0 aliphatic carbocycles. The van der Waals surface area contributed by atoms with Crippen molar-refractivity contribution in [1.82, 2.24) is 10.2 Å². The van der Waals surface area contributed by atoms with Gasteiger partial charge in [-0.25, -0.2) is 4.39 Å². The van der Waals surface area contributed by atoms with Crippen molar-refractivity contribution in [1.29, 1.82) is 0 Å². The summed E-state index contributed by atoms with van der Waals surface area (Å²) in [7, 11) is 0. The van der Waals surface area contributed by atoms with Gasteiger partial charge in [-0.05, 0) is 38.1 Å². The monoisotopic (exact) mass is 456 g/mol. The molecule has 0 saturated carbocycles. The minimum atomic E-state index is -0.668. The van der Waals surface area contributed by atoms with E-state index in [9.17, 15) is 14.0 Å². The molecule has 2 heterocycles. The lowest BCUT2D eigenvalue weighted by Crippen LogP contribution is -2.40. The van der Waals surface area contributed by atoms with Gasteiger partial charge in [-0.15, -0.1) is 10.2 Å². The van der Waals surface area contributed by atoms with Gasteiger partial charge in [0, 0.05) is 12.5 Å². The molecule has 10 heteroatoms.